The SMILES string of the molecule is O=S(=O)(Cc1coc(-c2cccc(F)c2)n1)Cc1ccccc1F. The lowest BCUT2D eigenvalue weighted by atomic mass is 10.2. The molecule has 1 heterocycles. The normalized spacial score (nSPS) is 11.6. The first-order chi connectivity index (χ1) is 11.4. The van der Waals surface area contributed by atoms with Crippen LogP contribution in [0.25, 0.3) is 11.5 Å². The molecule has 1 aromatic heterocycles. The minimum absolute atomic E-state index is 0.103. The molecule has 0 bridgehead atoms. The Morgan fingerprint density at radius 3 is 2.54 bits per heavy atom. The molecule has 7 heteroatoms. The van der Waals surface area contributed by atoms with Crippen LogP contribution in [0.3, 0.4) is 0 Å². The Balaban J connectivity index is 1.78. The molecule has 3 aromatic rings. The molecular formula is C17H13F2NO3S. The number of halogens is 2. The number of oxazole rings is 1. The van der Waals surface area contributed by atoms with E-state index in [4.69, 9.17) is 4.42 Å². The average Bonchev–Trinajstić information content (AvgIpc) is 2.97. The molecule has 24 heavy (non-hydrogen) atoms. The maximum absolute atomic E-state index is 13.6. The smallest absolute Gasteiger partial charge is 0.226 e. The van der Waals surface area contributed by atoms with E-state index in [0.29, 0.717) is 5.56 Å². The van der Waals surface area contributed by atoms with Crippen LogP contribution < -0.4 is 0 Å². The van der Waals surface area contributed by atoms with Gasteiger partial charge in [-0.2, -0.15) is 0 Å². The first-order valence-corrected chi connectivity index (χ1v) is 8.89. The zero-order chi connectivity index (χ0) is 17.2. The molecule has 0 N–H and O–H groups in total. The van der Waals surface area contributed by atoms with Crippen LogP contribution in [-0.4, -0.2) is 13.4 Å². The van der Waals surface area contributed by atoms with Gasteiger partial charge in [0.2, 0.25) is 5.89 Å². The number of benzene rings is 2. The van der Waals surface area contributed by atoms with Gasteiger partial charge in [-0.15, -0.1) is 0 Å². The molecule has 0 saturated heterocycles. The molecule has 0 aliphatic carbocycles. The molecule has 0 aliphatic heterocycles. The summed E-state index contributed by atoms with van der Waals surface area (Å²) in [5.74, 6) is -1.70. The van der Waals surface area contributed by atoms with E-state index < -0.39 is 27.2 Å². The molecule has 4 nitrogen and oxygen atoms in total. The molecule has 0 fully saturated rings. The number of nitrogens with zero attached hydrogens (tertiary/aromatic N) is 1. The van der Waals surface area contributed by atoms with Crippen LogP contribution in [0, 0.1) is 11.6 Å². The lowest BCUT2D eigenvalue weighted by Crippen LogP contribution is -2.09. The Hall–Kier alpha value is -2.54. The van der Waals surface area contributed by atoms with Crippen molar-refractivity contribution in [3.63, 3.8) is 0 Å². The topological polar surface area (TPSA) is 60.2 Å². The summed E-state index contributed by atoms with van der Waals surface area (Å²) in [5, 5.41) is 0. The van der Waals surface area contributed by atoms with Crippen LogP contribution in [0.2, 0.25) is 0 Å². The van der Waals surface area contributed by atoms with Gasteiger partial charge in [-0.3, -0.25) is 0 Å². The van der Waals surface area contributed by atoms with Crippen molar-refractivity contribution in [1.29, 1.82) is 0 Å². The third kappa shape index (κ3) is 3.86. The predicted molar refractivity (Wildman–Crippen MR) is 84.6 cm³/mol. The lowest BCUT2D eigenvalue weighted by molar-refractivity contribution is 0.569. The fourth-order valence-electron chi connectivity index (χ4n) is 2.26. The van der Waals surface area contributed by atoms with Crippen LogP contribution in [0.15, 0.2) is 59.2 Å². The molecule has 2 aromatic carbocycles. The number of hydrogen-bond acceptors (Lipinski definition) is 4. The highest BCUT2D eigenvalue weighted by molar-refractivity contribution is 7.89. The van der Waals surface area contributed by atoms with E-state index in [2.05, 4.69) is 4.98 Å². The van der Waals surface area contributed by atoms with Gasteiger partial charge >= 0.3 is 0 Å². The minimum atomic E-state index is -3.62. The molecule has 0 saturated carbocycles. The zero-order valence-electron chi connectivity index (χ0n) is 12.4. The second kappa shape index (κ2) is 6.52. The first kappa shape index (κ1) is 16.3. The summed E-state index contributed by atoms with van der Waals surface area (Å²) >= 11 is 0. The zero-order valence-corrected chi connectivity index (χ0v) is 13.3. The van der Waals surface area contributed by atoms with Crippen molar-refractivity contribution in [2.75, 3.05) is 0 Å². The number of aromatic nitrogens is 1. The van der Waals surface area contributed by atoms with Crippen molar-refractivity contribution < 1.29 is 21.6 Å². The second-order valence-electron chi connectivity index (χ2n) is 5.28. The van der Waals surface area contributed by atoms with Gasteiger partial charge in [0.25, 0.3) is 0 Å². The number of sulfone groups is 1. The molecule has 0 unspecified atom stereocenters. The van der Waals surface area contributed by atoms with Crippen molar-refractivity contribution in [3.8, 4) is 11.5 Å². The summed E-state index contributed by atoms with van der Waals surface area (Å²) in [7, 11) is -3.62. The minimum Gasteiger partial charge on any atom is -0.444 e. The Morgan fingerprint density at radius 1 is 1.00 bits per heavy atom. The van der Waals surface area contributed by atoms with E-state index in [1.807, 2.05) is 0 Å². The maximum atomic E-state index is 13.6. The van der Waals surface area contributed by atoms with Gasteiger partial charge in [-0.1, -0.05) is 24.3 Å². The van der Waals surface area contributed by atoms with Crippen LogP contribution >= 0.6 is 0 Å². The van der Waals surface area contributed by atoms with Crippen molar-refractivity contribution in [2.24, 2.45) is 0 Å². The number of hydrogen-bond donors (Lipinski definition) is 0. The third-order valence-corrected chi connectivity index (χ3v) is 4.81. The Morgan fingerprint density at radius 2 is 1.79 bits per heavy atom. The van der Waals surface area contributed by atoms with E-state index in [9.17, 15) is 17.2 Å². The molecule has 0 atom stereocenters. The van der Waals surface area contributed by atoms with Crippen LogP contribution in [0.5, 0.6) is 0 Å². The van der Waals surface area contributed by atoms with E-state index in [1.54, 1.807) is 12.1 Å². The van der Waals surface area contributed by atoms with Gasteiger partial charge < -0.3 is 4.42 Å². The van der Waals surface area contributed by atoms with Gasteiger partial charge in [0.05, 0.1) is 17.2 Å². The predicted octanol–water partition coefficient (Wildman–Crippen LogP) is 3.73. The summed E-state index contributed by atoms with van der Waals surface area (Å²) in [6.07, 6.45) is 1.21. The Bertz CT molecular complexity index is 967. The second-order valence-corrected chi connectivity index (χ2v) is 7.34. The molecule has 124 valence electrons. The van der Waals surface area contributed by atoms with Crippen LogP contribution in [-0.2, 0) is 21.3 Å². The summed E-state index contributed by atoms with van der Waals surface area (Å²) in [6.45, 7) is 0. The Labute approximate surface area is 137 Å². The van der Waals surface area contributed by atoms with Crippen molar-refractivity contribution in [2.45, 2.75) is 11.5 Å². The van der Waals surface area contributed by atoms with Crippen molar-refractivity contribution in [1.82, 2.24) is 4.98 Å². The van der Waals surface area contributed by atoms with E-state index >= 15 is 0 Å². The largest absolute Gasteiger partial charge is 0.444 e. The molecule has 0 radical (unpaired) electrons. The third-order valence-electron chi connectivity index (χ3n) is 3.32. The van der Waals surface area contributed by atoms with E-state index in [0.717, 1.165) is 0 Å². The fourth-order valence-corrected chi connectivity index (χ4v) is 3.65. The van der Waals surface area contributed by atoms with Gasteiger partial charge in [0.1, 0.15) is 17.9 Å². The van der Waals surface area contributed by atoms with Crippen molar-refractivity contribution >= 4 is 9.84 Å². The average molecular weight is 349 g/mol. The van der Waals surface area contributed by atoms with Gasteiger partial charge in [0.15, 0.2) is 9.84 Å². The van der Waals surface area contributed by atoms with Gasteiger partial charge in [-0.25, -0.2) is 22.2 Å². The Kier molecular flexibility index (Phi) is 4.44. The first-order valence-electron chi connectivity index (χ1n) is 7.07. The van der Waals surface area contributed by atoms with Crippen LogP contribution in [0.4, 0.5) is 8.78 Å². The highest BCUT2D eigenvalue weighted by Crippen LogP contribution is 2.21. The summed E-state index contributed by atoms with van der Waals surface area (Å²) in [6, 6.07) is 11.3. The van der Waals surface area contributed by atoms with Crippen molar-refractivity contribution in [3.05, 3.63) is 77.7 Å². The standard InChI is InChI=1S/C17H13F2NO3S/c18-14-6-3-5-12(8-14)17-20-15(9-23-17)11-24(21,22)10-13-4-1-2-7-16(13)19/h1-9H,10-11H2. The highest BCUT2D eigenvalue weighted by Gasteiger charge is 2.18. The highest BCUT2D eigenvalue weighted by atomic mass is 32.2. The van der Waals surface area contributed by atoms with Crippen LogP contribution in [0.1, 0.15) is 11.3 Å². The maximum Gasteiger partial charge on any atom is 0.226 e. The molecule has 0 spiro atoms. The lowest BCUT2D eigenvalue weighted by Gasteiger charge is -2.03. The fraction of sp³-hybridized carbons (Fsp3) is 0.118. The molecule has 0 amide bonds. The van der Waals surface area contributed by atoms with Gasteiger partial charge in [-0.05, 0) is 24.3 Å². The molecular weight excluding hydrogens is 336 g/mol. The monoisotopic (exact) mass is 349 g/mol. The molecule has 0 aliphatic rings. The van der Waals surface area contributed by atoms with Gasteiger partial charge in [0, 0.05) is 11.1 Å². The summed E-state index contributed by atoms with van der Waals surface area (Å²) in [4.78, 5) is 4.06. The van der Waals surface area contributed by atoms with E-state index in [1.165, 1.54) is 42.7 Å². The quantitative estimate of drug-likeness (QED) is 0.704. The summed E-state index contributed by atoms with van der Waals surface area (Å²) < 4.78 is 56.4. The van der Waals surface area contributed by atoms with E-state index in [-0.39, 0.29) is 22.9 Å². The summed E-state index contributed by atoms with van der Waals surface area (Å²) in [5.41, 5.74) is 0.699. The molecule has 3 rings (SSSR count). The number of rotatable bonds is 5.